The first-order valence-electron chi connectivity index (χ1n) is 8.33. The molecule has 1 saturated heterocycles. The Labute approximate surface area is 142 Å². The average molecular weight is 334 g/mol. The van der Waals surface area contributed by atoms with Gasteiger partial charge in [-0.25, -0.2) is 0 Å². The molecule has 0 spiro atoms. The zero-order chi connectivity index (χ0) is 17.9. The Morgan fingerprint density at radius 2 is 1.92 bits per heavy atom. The molecule has 1 aliphatic heterocycles. The number of likely N-dealkylation sites (tertiary alicyclic amines) is 1. The van der Waals surface area contributed by atoms with E-state index in [-0.39, 0.29) is 29.5 Å². The van der Waals surface area contributed by atoms with Gasteiger partial charge in [-0.15, -0.1) is 0 Å². The van der Waals surface area contributed by atoms with Gasteiger partial charge in [0.05, 0.1) is 11.6 Å². The number of nitrogens with one attached hydrogen (secondary N) is 1. The fourth-order valence-corrected chi connectivity index (χ4v) is 3.14. The average Bonchev–Trinajstić information content (AvgIpc) is 2.91. The lowest BCUT2D eigenvalue weighted by atomic mass is 10.1. The second-order valence-electron chi connectivity index (χ2n) is 6.24. The van der Waals surface area contributed by atoms with Crippen LogP contribution in [0.3, 0.4) is 0 Å². The summed E-state index contributed by atoms with van der Waals surface area (Å²) in [6, 6.07) is 2.62. The molecule has 7 heteroatoms. The highest BCUT2D eigenvalue weighted by Gasteiger charge is 2.36. The minimum atomic E-state index is -0.222. The highest BCUT2D eigenvalue weighted by Crippen LogP contribution is 2.18. The van der Waals surface area contributed by atoms with Crippen molar-refractivity contribution in [2.24, 2.45) is 7.05 Å². The van der Waals surface area contributed by atoms with Crippen LogP contribution in [0.2, 0.25) is 0 Å². The van der Waals surface area contributed by atoms with Gasteiger partial charge in [-0.05, 0) is 33.4 Å². The number of hydrogen-bond acceptors (Lipinski definition) is 4. The van der Waals surface area contributed by atoms with Crippen molar-refractivity contribution < 1.29 is 9.59 Å². The third kappa shape index (κ3) is 3.84. The summed E-state index contributed by atoms with van der Waals surface area (Å²) in [4.78, 5) is 40.1. The van der Waals surface area contributed by atoms with Gasteiger partial charge in [0.25, 0.3) is 5.91 Å². The quantitative estimate of drug-likeness (QED) is 0.826. The van der Waals surface area contributed by atoms with Gasteiger partial charge >= 0.3 is 0 Å². The summed E-state index contributed by atoms with van der Waals surface area (Å²) in [5.74, 6) is -0.110. The van der Waals surface area contributed by atoms with E-state index < -0.39 is 0 Å². The molecule has 1 aromatic heterocycles. The van der Waals surface area contributed by atoms with E-state index in [1.807, 2.05) is 30.7 Å². The van der Waals surface area contributed by atoms with Gasteiger partial charge in [0.15, 0.2) is 0 Å². The summed E-state index contributed by atoms with van der Waals surface area (Å²) in [6.45, 7) is 5.95. The molecule has 2 heterocycles. The van der Waals surface area contributed by atoms with E-state index in [2.05, 4.69) is 5.32 Å². The number of pyridine rings is 1. The Morgan fingerprint density at radius 1 is 1.25 bits per heavy atom. The van der Waals surface area contributed by atoms with Crippen LogP contribution in [0.25, 0.3) is 0 Å². The predicted molar refractivity (Wildman–Crippen MR) is 91.9 cm³/mol. The predicted octanol–water partition coefficient (Wildman–Crippen LogP) is 0.0562. The first-order valence-corrected chi connectivity index (χ1v) is 8.33. The SMILES string of the molecule is CCN(CC)C(=O)[C@@H]1C[C@@H](NC(=O)c2ccc(=O)n(C)c2)CN1C. The molecule has 0 bridgehead atoms. The van der Waals surface area contributed by atoms with Crippen LogP contribution in [0.4, 0.5) is 0 Å². The van der Waals surface area contributed by atoms with Crippen LogP contribution in [-0.4, -0.2) is 64.9 Å². The fourth-order valence-electron chi connectivity index (χ4n) is 3.14. The van der Waals surface area contributed by atoms with Gasteiger partial charge in [0.1, 0.15) is 0 Å². The molecule has 1 aliphatic rings. The van der Waals surface area contributed by atoms with Crippen molar-refractivity contribution in [2.45, 2.75) is 32.4 Å². The molecule has 1 N–H and O–H groups in total. The molecule has 0 saturated carbocycles. The van der Waals surface area contributed by atoms with Crippen LogP contribution < -0.4 is 10.9 Å². The van der Waals surface area contributed by atoms with Crippen molar-refractivity contribution in [1.29, 1.82) is 0 Å². The fraction of sp³-hybridized carbons (Fsp3) is 0.588. The lowest BCUT2D eigenvalue weighted by molar-refractivity contribution is -0.135. The number of amides is 2. The van der Waals surface area contributed by atoms with Crippen LogP contribution in [0.5, 0.6) is 0 Å². The summed E-state index contributed by atoms with van der Waals surface area (Å²) in [5.41, 5.74) is 0.287. The molecule has 24 heavy (non-hydrogen) atoms. The molecule has 0 radical (unpaired) electrons. The number of nitrogens with zero attached hydrogens (tertiary/aromatic N) is 3. The summed E-state index contributed by atoms with van der Waals surface area (Å²) in [6.07, 6.45) is 2.12. The third-order valence-corrected chi connectivity index (χ3v) is 4.59. The topological polar surface area (TPSA) is 74.6 Å². The maximum absolute atomic E-state index is 12.5. The molecule has 1 fully saturated rings. The second kappa shape index (κ2) is 7.61. The summed E-state index contributed by atoms with van der Waals surface area (Å²) in [5, 5.41) is 2.97. The van der Waals surface area contributed by atoms with Crippen molar-refractivity contribution in [3.8, 4) is 0 Å². The minimum absolute atomic E-state index is 0.0794. The molecule has 0 aliphatic carbocycles. The van der Waals surface area contributed by atoms with E-state index >= 15 is 0 Å². The number of carbonyl (C=O) groups is 2. The maximum atomic E-state index is 12.5. The van der Waals surface area contributed by atoms with Gasteiger partial charge < -0.3 is 14.8 Å². The molecule has 2 amide bonds. The molecule has 132 valence electrons. The normalized spacial score (nSPS) is 20.8. The number of aryl methyl sites for hydroxylation is 1. The monoisotopic (exact) mass is 334 g/mol. The van der Waals surface area contributed by atoms with E-state index in [9.17, 15) is 14.4 Å². The van der Waals surface area contributed by atoms with Gasteiger partial charge in [-0.2, -0.15) is 0 Å². The largest absolute Gasteiger partial charge is 0.348 e. The molecular weight excluding hydrogens is 308 g/mol. The van der Waals surface area contributed by atoms with Gasteiger partial charge in [-0.3, -0.25) is 19.3 Å². The van der Waals surface area contributed by atoms with Gasteiger partial charge in [0.2, 0.25) is 11.5 Å². The number of rotatable bonds is 5. The Bertz CT molecular complexity index is 666. The number of carbonyl (C=O) groups excluding carboxylic acids is 2. The van der Waals surface area contributed by atoms with Crippen molar-refractivity contribution in [3.05, 3.63) is 34.2 Å². The Kier molecular flexibility index (Phi) is 5.77. The summed E-state index contributed by atoms with van der Waals surface area (Å²) >= 11 is 0. The van der Waals surface area contributed by atoms with E-state index in [0.717, 1.165) is 0 Å². The molecular formula is C17H26N4O3. The van der Waals surface area contributed by atoms with Crippen molar-refractivity contribution in [1.82, 2.24) is 19.7 Å². The van der Waals surface area contributed by atoms with Gasteiger partial charge in [-0.1, -0.05) is 0 Å². The molecule has 7 nitrogen and oxygen atoms in total. The van der Waals surface area contributed by atoms with Gasteiger partial charge in [0, 0.05) is 45.0 Å². The third-order valence-electron chi connectivity index (χ3n) is 4.59. The first kappa shape index (κ1) is 18.2. The van der Waals surface area contributed by atoms with Crippen LogP contribution in [0.15, 0.2) is 23.1 Å². The van der Waals surface area contributed by atoms with E-state index in [4.69, 9.17) is 0 Å². The van der Waals surface area contributed by atoms with Crippen LogP contribution in [0, 0.1) is 0 Å². The first-order chi connectivity index (χ1) is 11.4. The minimum Gasteiger partial charge on any atom is -0.348 e. The van der Waals surface area contributed by atoms with Crippen molar-refractivity contribution >= 4 is 11.8 Å². The van der Waals surface area contributed by atoms with Crippen LogP contribution in [0.1, 0.15) is 30.6 Å². The van der Waals surface area contributed by atoms with Crippen molar-refractivity contribution in [3.63, 3.8) is 0 Å². The lowest BCUT2D eigenvalue weighted by Crippen LogP contribution is -2.44. The molecule has 0 aromatic carbocycles. The zero-order valence-corrected chi connectivity index (χ0v) is 14.8. The lowest BCUT2D eigenvalue weighted by Gasteiger charge is -2.26. The number of likely N-dealkylation sites (N-methyl/N-ethyl adjacent to an activating group) is 2. The highest BCUT2D eigenvalue weighted by atomic mass is 16.2. The van der Waals surface area contributed by atoms with Crippen LogP contribution in [-0.2, 0) is 11.8 Å². The van der Waals surface area contributed by atoms with E-state index in [1.165, 1.54) is 22.9 Å². The number of hydrogen-bond donors (Lipinski definition) is 1. The zero-order valence-electron chi connectivity index (χ0n) is 14.8. The highest BCUT2D eigenvalue weighted by molar-refractivity contribution is 5.94. The van der Waals surface area contributed by atoms with E-state index in [0.29, 0.717) is 31.6 Å². The molecule has 0 unspecified atom stereocenters. The Balaban J connectivity index is 2.01. The number of aromatic nitrogens is 1. The molecule has 1 aromatic rings. The summed E-state index contributed by atoms with van der Waals surface area (Å²) < 4.78 is 1.38. The van der Waals surface area contributed by atoms with Crippen molar-refractivity contribution in [2.75, 3.05) is 26.7 Å². The molecule has 2 atom stereocenters. The summed E-state index contributed by atoms with van der Waals surface area (Å²) in [7, 11) is 3.52. The standard InChI is InChI=1S/C17H26N4O3/c1-5-21(6-2)17(24)14-9-13(11-19(14)3)18-16(23)12-7-8-15(22)20(4)10-12/h7-8,10,13-14H,5-6,9,11H2,1-4H3,(H,18,23)/t13-,14+/m1/s1. The maximum Gasteiger partial charge on any atom is 0.253 e. The van der Waals surface area contributed by atoms with Crippen LogP contribution >= 0.6 is 0 Å². The smallest absolute Gasteiger partial charge is 0.253 e. The second-order valence-corrected chi connectivity index (χ2v) is 6.24. The van der Waals surface area contributed by atoms with E-state index in [1.54, 1.807) is 7.05 Å². The Hall–Kier alpha value is -2.15. The Morgan fingerprint density at radius 3 is 2.50 bits per heavy atom. The molecule has 2 rings (SSSR count).